The lowest BCUT2D eigenvalue weighted by atomic mass is 9.81. The van der Waals surface area contributed by atoms with E-state index < -0.39 is 35.5 Å². The van der Waals surface area contributed by atoms with E-state index in [1.165, 1.54) is 12.0 Å². The van der Waals surface area contributed by atoms with E-state index in [0.29, 0.717) is 17.0 Å². The number of hydrogen-bond donors (Lipinski definition) is 2. The predicted molar refractivity (Wildman–Crippen MR) is 117 cm³/mol. The second kappa shape index (κ2) is 8.53. The van der Waals surface area contributed by atoms with Crippen molar-refractivity contribution in [1.29, 1.82) is 0 Å². The van der Waals surface area contributed by atoms with Crippen molar-refractivity contribution in [3.63, 3.8) is 0 Å². The maximum absolute atomic E-state index is 13.3. The zero-order valence-electron chi connectivity index (χ0n) is 17.4. The third-order valence-corrected chi connectivity index (χ3v) is 5.99. The monoisotopic (exact) mass is 427 g/mol. The predicted octanol–water partition coefficient (Wildman–Crippen LogP) is 3.90. The second-order valence-electron chi connectivity index (χ2n) is 7.65. The summed E-state index contributed by atoms with van der Waals surface area (Å²) in [6, 6.07) is 13.5. The average Bonchev–Trinajstić information content (AvgIpc) is 3.03. The molecule has 6 nitrogen and oxygen atoms in total. The maximum Gasteiger partial charge on any atom is 0.294 e. The van der Waals surface area contributed by atoms with Gasteiger partial charge in [0.25, 0.3) is 5.91 Å². The smallest absolute Gasteiger partial charge is 0.294 e. The zero-order chi connectivity index (χ0) is 22.1. The molecule has 0 bridgehead atoms. The number of thioether (sulfide) groups is 1. The zero-order valence-corrected chi connectivity index (χ0v) is 18.2. The van der Waals surface area contributed by atoms with E-state index in [1.54, 1.807) is 62.0 Å². The van der Waals surface area contributed by atoms with Crippen molar-refractivity contribution >= 4 is 29.1 Å². The number of ketones is 1. The van der Waals surface area contributed by atoms with Crippen LogP contribution in [-0.4, -0.2) is 41.9 Å². The van der Waals surface area contributed by atoms with Gasteiger partial charge in [-0.25, -0.2) is 0 Å². The van der Waals surface area contributed by atoms with E-state index >= 15 is 0 Å². The summed E-state index contributed by atoms with van der Waals surface area (Å²) in [5.41, 5.74) is -0.0893. The normalized spacial score (nSPS) is 16.9. The number of hydrogen-bond acceptors (Lipinski definition) is 6. The number of methoxy groups -OCH3 is 1. The van der Waals surface area contributed by atoms with Crippen molar-refractivity contribution in [3.8, 4) is 5.75 Å². The summed E-state index contributed by atoms with van der Waals surface area (Å²) in [5.74, 6) is -1.27. The number of anilines is 1. The molecule has 7 heteroatoms. The summed E-state index contributed by atoms with van der Waals surface area (Å²) >= 11 is 1.57. The van der Waals surface area contributed by atoms with Crippen molar-refractivity contribution in [1.82, 2.24) is 0 Å². The largest absolute Gasteiger partial charge is 0.503 e. The maximum atomic E-state index is 13.3. The van der Waals surface area contributed by atoms with Crippen LogP contribution in [0.5, 0.6) is 5.75 Å². The van der Waals surface area contributed by atoms with Crippen LogP contribution in [0.2, 0.25) is 0 Å². The molecule has 3 rings (SSSR count). The van der Waals surface area contributed by atoms with Crippen LogP contribution in [-0.2, 0) is 9.59 Å². The molecule has 1 atom stereocenters. The van der Waals surface area contributed by atoms with Crippen molar-refractivity contribution in [2.24, 2.45) is 5.41 Å². The number of benzene rings is 2. The summed E-state index contributed by atoms with van der Waals surface area (Å²) < 4.78 is 5.48. The van der Waals surface area contributed by atoms with E-state index in [2.05, 4.69) is 0 Å². The van der Waals surface area contributed by atoms with Gasteiger partial charge in [0.05, 0.1) is 30.7 Å². The molecular weight excluding hydrogens is 402 g/mol. The van der Waals surface area contributed by atoms with Crippen LogP contribution in [0.1, 0.15) is 25.5 Å². The van der Waals surface area contributed by atoms with Crippen molar-refractivity contribution in [3.05, 3.63) is 65.4 Å². The van der Waals surface area contributed by atoms with Gasteiger partial charge in [-0.3, -0.25) is 14.5 Å². The Morgan fingerprint density at radius 3 is 2.37 bits per heavy atom. The Kier molecular flexibility index (Phi) is 6.24. The molecule has 0 fully saturated rings. The number of carbonyl (C=O) groups excluding carboxylic acids is 2. The molecule has 158 valence electrons. The lowest BCUT2D eigenvalue weighted by Crippen LogP contribution is -2.35. The molecule has 0 radical (unpaired) electrons. The number of ether oxygens (including phenoxy) is 1. The molecule has 1 heterocycles. The van der Waals surface area contributed by atoms with Gasteiger partial charge in [-0.15, -0.1) is 11.8 Å². The quantitative estimate of drug-likeness (QED) is 0.652. The molecule has 0 saturated carbocycles. The molecule has 0 aromatic heterocycles. The van der Waals surface area contributed by atoms with E-state index in [1.807, 2.05) is 18.4 Å². The standard InChI is InChI=1S/C23H25NO5S/c1-23(2,13-25)21(27)18-19(16-7-5-6-8-17(16)29-3)24(22(28)20(18)26)14-9-11-15(30-4)12-10-14/h5-12,19,25-26H,13H2,1-4H3. The Bertz CT molecular complexity index is 997. The first kappa shape index (κ1) is 21.9. The first-order valence-electron chi connectivity index (χ1n) is 9.46. The van der Waals surface area contributed by atoms with Gasteiger partial charge in [0.15, 0.2) is 11.5 Å². The first-order valence-corrected chi connectivity index (χ1v) is 10.7. The van der Waals surface area contributed by atoms with E-state index in [4.69, 9.17) is 4.74 Å². The Morgan fingerprint density at radius 2 is 1.80 bits per heavy atom. The summed E-state index contributed by atoms with van der Waals surface area (Å²) in [4.78, 5) is 28.9. The minimum atomic E-state index is -1.16. The number of aliphatic hydroxyl groups excluding tert-OH is 2. The molecule has 1 unspecified atom stereocenters. The Morgan fingerprint density at radius 1 is 1.17 bits per heavy atom. The number of para-hydroxylation sites is 1. The molecule has 1 aliphatic rings. The summed E-state index contributed by atoms with van der Waals surface area (Å²) in [6.45, 7) is 2.74. The molecule has 1 amide bonds. The molecule has 2 aromatic rings. The van der Waals surface area contributed by atoms with Gasteiger partial charge in [-0.05, 0) is 36.6 Å². The highest BCUT2D eigenvalue weighted by molar-refractivity contribution is 7.98. The van der Waals surface area contributed by atoms with Gasteiger partial charge in [0.2, 0.25) is 0 Å². The van der Waals surface area contributed by atoms with Gasteiger partial charge >= 0.3 is 0 Å². The van der Waals surface area contributed by atoms with Crippen molar-refractivity contribution in [2.45, 2.75) is 24.8 Å². The van der Waals surface area contributed by atoms with E-state index in [-0.39, 0.29) is 5.57 Å². The van der Waals surface area contributed by atoms with Crippen LogP contribution in [0.3, 0.4) is 0 Å². The minimum absolute atomic E-state index is 0.0440. The number of carbonyl (C=O) groups is 2. The lowest BCUT2D eigenvalue weighted by molar-refractivity contribution is -0.125. The third kappa shape index (κ3) is 3.70. The number of amides is 1. The second-order valence-corrected chi connectivity index (χ2v) is 8.53. The van der Waals surface area contributed by atoms with Crippen LogP contribution in [0.25, 0.3) is 0 Å². The number of rotatable bonds is 7. The van der Waals surface area contributed by atoms with Gasteiger partial charge in [0, 0.05) is 16.1 Å². The van der Waals surface area contributed by atoms with Crippen LogP contribution >= 0.6 is 11.8 Å². The summed E-state index contributed by atoms with van der Waals surface area (Å²) in [6.07, 6.45) is 1.95. The lowest BCUT2D eigenvalue weighted by Gasteiger charge is -2.30. The fourth-order valence-electron chi connectivity index (χ4n) is 3.47. The molecule has 2 N–H and O–H groups in total. The molecule has 0 saturated heterocycles. The fourth-order valence-corrected chi connectivity index (χ4v) is 3.88. The number of aliphatic hydroxyl groups is 2. The van der Waals surface area contributed by atoms with E-state index in [0.717, 1.165) is 4.90 Å². The number of nitrogens with zero attached hydrogens (tertiary/aromatic N) is 1. The summed E-state index contributed by atoms with van der Waals surface area (Å²) in [7, 11) is 1.51. The SMILES string of the molecule is COc1ccccc1C1C(C(=O)C(C)(C)CO)=C(O)C(=O)N1c1ccc(SC)cc1. The highest BCUT2D eigenvalue weighted by Crippen LogP contribution is 2.45. The Hall–Kier alpha value is -2.77. The number of Topliss-reactive ketones (excluding diaryl/α,β-unsaturated/α-hetero) is 1. The van der Waals surface area contributed by atoms with Crippen LogP contribution in [0.4, 0.5) is 5.69 Å². The van der Waals surface area contributed by atoms with Crippen LogP contribution in [0, 0.1) is 5.41 Å². The highest BCUT2D eigenvalue weighted by Gasteiger charge is 2.48. The molecule has 0 spiro atoms. The topological polar surface area (TPSA) is 87.1 Å². The molecule has 30 heavy (non-hydrogen) atoms. The molecule has 0 aliphatic carbocycles. The van der Waals surface area contributed by atoms with Gasteiger partial charge in [-0.1, -0.05) is 32.0 Å². The minimum Gasteiger partial charge on any atom is -0.503 e. The van der Waals surface area contributed by atoms with Crippen LogP contribution < -0.4 is 9.64 Å². The van der Waals surface area contributed by atoms with Gasteiger partial charge in [0.1, 0.15) is 5.75 Å². The van der Waals surface area contributed by atoms with E-state index in [9.17, 15) is 19.8 Å². The summed E-state index contributed by atoms with van der Waals surface area (Å²) in [5, 5.41) is 20.5. The first-order chi connectivity index (χ1) is 14.3. The molecule has 1 aliphatic heterocycles. The van der Waals surface area contributed by atoms with Gasteiger partial charge < -0.3 is 14.9 Å². The van der Waals surface area contributed by atoms with Gasteiger partial charge in [-0.2, -0.15) is 0 Å². The molecular formula is C23H25NO5S. The third-order valence-electron chi connectivity index (χ3n) is 5.25. The Balaban J connectivity index is 2.22. The average molecular weight is 428 g/mol. The Labute approximate surface area is 180 Å². The van der Waals surface area contributed by atoms with Crippen molar-refractivity contribution < 1.29 is 24.5 Å². The fraction of sp³-hybridized carbons (Fsp3) is 0.304. The highest BCUT2D eigenvalue weighted by atomic mass is 32.2. The van der Waals surface area contributed by atoms with Crippen LogP contribution in [0.15, 0.2) is 64.8 Å². The van der Waals surface area contributed by atoms with Crippen molar-refractivity contribution in [2.75, 3.05) is 24.9 Å². The molecule has 2 aromatic carbocycles.